The van der Waals surface area contributed by atoms with Gasteiger partial charge in [-0.25, -0.2) is 0 Å². The third kappa shape index (κ3) is 10.9. The highest BCUT2D eigenvalue weighted by Gasteiger charge is 2.29. The van der Waals surface area contributed by atoms with Gasteiger partial charge in [0.25, 0.3) is 0 Å². The molecule has 0 heterocycles. The molecule has 0 aliphatic carbocycles. The lowest BCUT2D eigenvalue weighted by Crippen LogP contribution is -2.38. The van der Waals surface area contributed by atoms with E-state index in [1.54, 1.807) is 0 Å². The van der Waals surface area contributed by atoms with Crippen molar-refractivity contribution in [2.45, 2.75) is 104 Å². The van der Waals surface area contributed by atoms with Crippen LogP contribution in [0.15, 0.2) is 0 Å². The molecular weight excluding hydrogens is 304 g/mol. The van der Waals surface area contributed by atoms with Crippen LogP contribution in [-0.2, 0) is 14.3 Å². The van der Waals surface area contributed by atoms with E-state index in [-0.39, 0.29) is 11.7 Å². The minimum atomic E-state index is -1.67. The molecule has 4 heteroatoms. The van der Waals surface area contributed by atoms with Crippen molar-refractivity contribution in [1.29, 1.82) is 0 Å². The van der Waals surface area contributed by atoms with E-state index >= 15 is 0 Å². The van der Waals surface area contributed by atoms with Crippen LogP contribution in [0.2, 0.25) is 0 Å². The molecule has 4 nitrogen and oxygen atoms in total. The summed E-state index contributed by atoms with van der Waals surface area (Å²) < 4.78 is 5.37. The fourth-order valence-corrected chi connectivity index (χ4v) is 2.52. The Kier molecular flexibility index (Phi) is 13.1. The van der Waals surface area contributed by atoms with Crippen LogP contribution >= 0.6 is 0 Å². The van der Waals surface area contributed by atoms with Gasteiger partial charge in [-0.2, -0.15) is 0 Å². The van der Waals surface area contributed by atoms with Crippen LogP contribution in [0.25, 0.3) is 0 Å². The first kappa shape index (κ1) is 23.3. The summed E-state index contributed by atoms with van der Waals surface area (Å²) in [7, 11) is 0. The third-order valence-electron chi connectivity index (χ3n) is 4.64. The number of carbonyl (C=O) groups is 2. The van der Waals surface area contributed by atoms with Crippen molar-refractivity contribution in [1.82, 2.24) is 0 Å². The van der Waals surface area contributed by atoms with Crippen LogP contribution in [0.3, 0.4) is 0 Å². The predicted molar refractivity (Wildman–Crippen MR) is 97.9 cm³/mol. The number of Topliss-reactive ketones (excluding diaryl/α,β-unsaturated/α-hetero) is 2. The van der Waals surface area contributed by atoms with Crippen LogP contribution < -0.4 is 0 Å². The monoisotopic (exact) mass is 342 g/mol. The quantitative estimate of drug-likeness (QED) is 0.323. The summed E-state index contributed by atoms with van der Waals surface area (Å²) in [4.78, 5) is 23.7. The molecule has 2 atom stereocenters. The Hall–Kier alpha value is -0.740. The zero-order chi connectivity index (χ0) is 18.4. The smallest absolute Gasteiger partial charge is 0.223 e. The standard InChI is InChI=1S/C20H38O4/c1-5-7-8-9-12-15-19(22)20(4,23)24-16-13-10-11-14-18(21)17(3)6-2/h17,23H,5-16H2,1-4H3. The number of rotatable bonds is 16. The Morgan fingerprint density at radius 3 is 2.17 bits per heavy atom. The molecule has 0 rings (SSSR count). The molecule has 24 heavy (non-hydrogen) atoms. The number of ether oxygens (including phenoxy) is 1. The Morgan fingerprint density at radius 1 is 0.958 bits per heavy atom. The lowest BCUT2D eigenvalue weighted by atomic mass is 9.99. The summed E-state index contributed by atoms with van der Waals surface area (Å²) in [6.45, 7) is 7.94. The second kappa shape index (κ2) is 13.5. The number of unbranched alkanes of at least 4 members (excludes halogenated alkanes) is 6. The van der Waals surface area contributed by atoms with Gasteiger partial charge in [0.2, 0.25) is 5.79 Å². The lowest BCUT2D eigenvalue weighted by Gasteiger charge is -2.22. The van der Waals surface area contributed by atoms with Crippen molar-refractivity contribution in [3.8, 4) is 0 Å². The second-order valence-corrected chi connectivity index (χ2v) is 7.01. The van der Waals surface area contributed by atoms with Crippen molar-refractivity contribution in [2.24, 2.45) is 5.92 Å². The molecule has 0 radical (unpaired) electrons. The van der Waals surface area contributed by atoms with Gasteiger partial charge >= 0.3 is 0 Å². The minimum absolute atomic E-state index is 0.150. The van der Waals surface area contributed by atoms with E-state index in [4.69, 9.17) is 4.74 Å². The molecule has 0 spiro atoms. The van der Waals surface area contributed by atoms with Gasteiger partial charge in [0.05, 0.1) is 6.61 Å². The lowest BCUT2D eigenvalue weighted by molar-refractivity contribution is -0.197. The van der Waals surface area contributed by atoms with Gasteiger partial charge in [0.1, 0.15) is 5.78 Å². The molecule has 0 aliphatic rings. The van der Waals surface area contributed by atoms with Gasteiger partial charge < -0.3 is 9.84 Å². The normalized spacial score (nSPS) is 15.0. The number of aliphatic hydroxyl groups is 1. The van der Waals surface area contributed by atoms with E-state index in [9.17, 15) is 14.7 Å². The molecule has 0 aromatic rings. The minimum Gasteiger partial charge on any atom is -0.360 e. The third-order valence-corrected chi connectivity index (χ3v) is 4.64. The molecule has 0 aliphatic heterocycles. The van der Waals surface area contributed by atoms with Crippen LogP contribution in [-0.4, -0.2) is 29.1 Å². The molecule has 1 N–H and O–H groups in total. The highest BCUT2D eigenvalue weighted by molar-refractivity contribution is 5.85. The maximum absolute atomic E-state index is 12.0. The molecule has 142 valence electrons. The van der Waals surface area contributed by atoms with Crippen molar-refractivity contribution < 1.29 is 19.4 Å². The average Bonchev–Trinajstić information content (AvgIpc) is 2.56. The molecule has 0 saturated carbocycles. The maximum Gasteiger partial charge on any atom is 0.223 e. The Labute approximate surface area is 148 Å². The molecular formula is C20H38O4. The van der Waals surface area contributed by atoms with Crippen LogP contribution in [0.4, 0.5) is 0 Å². The van der Waals surface area contributed by atoms with Crippen LogP contribution in [0.1, 0.15) is 98.3 Å². The summed E-state index contributed by atoms with van der Waals surface area (Å²) in [5, 5.41) is 10.1. The second-order valence-electron chi connectivity index (χ2n) is 7.01. The molecule has 2 unspecified atom stereocenters. The Balaban J connectivity index is 3.75. The van der Waals surface area contributed by atoms with Gasteiger partial charge in [-0.15, -0.1) is 0 Å². The first-order valence-electron chi connectivity index (χ1n) is 9.77. The van der Waals surface area contributed by atoms with Crippen LogP contribution in [0.5, 0.6) is 0 Å². The Morgan fingerprint density at radius 2 is 1.54 bits per heavy atom. The van der Waals surface area contributed by atoms with E-state index in [1.165, 1.54) is 19.8 Å². The maximum atomic E-state index is 12.0. The Bertz CT molecular complexity index is 350. The van der Waals surface area contributed by atoms with Gasteiger partial charge in [0, 0.05) is 18.8 Å². The van der Waals surface area contributed by atoms with E-state index in [0.717, 1.165) is 44.9 Å². The number of hydrogen-bond acceptors (Lipinski definition) is 4. The average molecular weight is 343 g/mol. The highest BCUT2D eigenvalue weighted by Crippen LogP contribution is 2.15. The van der Waals surface area contributed by atoms with E-state index in [1.807, 2.05) is 13.8 Å². The first-order chi connectivity index (χ1) is 11.3. The van der Waals surface area contributed by atoms with Gasteiger partial charge in [-0.05, 0) is 32.6 Å². The van der Waals surface area contributed by atoms with E-state index in [0.29, 0.717) is 25.2 Å². The van der Waals surface area contributed by atoms with E-state index in [2.05, 4.69) is 6.92 Å². The van der Waals surface area contributed by atoms with Crippen molar-refractivity contribution in [3.63, 3.8) is 0 Å². The van der Waals surface area contributed by atoms with Gasteiger partial charge in [-0.3, -0.25) is 9.59 Å². The molecule has 0 saturated heterocycles. The largest absolute Gasteiger partial charge is 0.360 e. The molecule has 0 aromatic carbocycles. The predicted octanol–water partition coefficient (Wildman–Crippen LogP) is 4.82. The number of hydrogen-bond donors (Lipinski definition) is 1. The summed E-state index contributed by atoms with van der Waals surface area (Å²) in [5.41, 5.74) is 0. The van der Waals surface area contributed by atoms with Gasteiger partial charge in [-0.1, -0.05) is 52.9 Å². The summed E-state index contributed by atoms with van der Waals surface area (Å²) in [5.74, 6) is -1.43. The fraction of sp³-hybridized carbons (Fsp3) is 0.900. The summed E-state index contributed by atoms with van der Waals surface area (Å²) in [6, 6.07) is 0. The highest BCUT2D eigenvalue weighted by atomic mass is 16.6. The van der Waals surface area contributed by atoms with Gasteiger partial charge in [0.15, 0.2) is 5.78 Å². The van der Waals surface area contributed by atoms with Crippen molar-refractivity contribution in [3.05, 3.63) is 0 Å². The molecule has 0 amide bonds. The van der Waals surface area contributed by atoms with E-state index < -0.39 is 5.79 Å². The molecule has 0 fully saturated rings. The number of ketones is 2. The summed E-state index contributed by atoms with van der Waals surface area (Å²) in [6.07, 6.45) is 9.72. The zero-order valence-electron chi connectivity index (χ0n) is 16.2. The van der Waals surface area contributed by atoms with Crippen LogP contribution in [0, 0.1) is 5.92 Å². The first-order valence-corrected chi connectivity index (χ1v) is 9.77. The van der Waals surface area contributed by atoms with Crippen molar-refractivity contribution in [2.75, 3.05) is 6.61 Å². The molecule has 0 aromatic heterocycles. The summed E-state index contributed by atoms with van der Waals surface area (Å²) >= 11 is 0. The number of carbonyl (C=O) groups excluding carboxylic acids is 2. The van der Waals surface area contributed by atoms with Crippen molar-refractivity contribution >= 4 is 11.6 Å². The molecule has 0 bridgehead atoms. The topological polar surface area (TPSA) is 63.6 Å². The zero-order valence-corrected chi connectivity index (χ0v) is 16.2. The fourth-order valence-electron chi connectivity index (χ4n) is 2.52. The SMILES string of the molecule is CCCCCCCC(=O)C(C)(O)OCCCCCC(=O)C(C)CC.